The summed E-state index contributed by atoms with van der Waals surface area (Å²) >= 11 is 1.43. The molecular formula is C9H9NO2S. The first-order valence-electron chi connectivity index (χ1n) is 3.81. The molecule has 0 saturated heterocycles. The molecule has 0 aromatic carbocycles. The highest BCUT2D eigenvalue weighted by Gasteiger charge is 2.20. The van der Waals surface area contributed by atoms with Crippen LogP contribution in [0.3, 0.4) is 0 Å². The van der Waals surface area contributed by atoms with E-state index < -0.39 is 11.9 Å². The molecular weight excluding hydrogens is 186 g/mol. The summed E-state index contributed by atoms with van der Waals surface area (Å²) in [4.78, 5) is 12.6. The van der Waals surface area contributed by atoms with Crippen molar-refractivity contribution in [1.82, 2.24) is 0 Å². The Hall–Kier alpha value is -1.34. The zero-order valence-electron chi connectivity index (χ0n) is 7.15. The van der Waals surface area contributed by atoms with Gasteiger partial charge in [-0.1, -0.05) is 0 Å². The fourth-order valence-electron chi connectivity index (χ4n) is 1.04. The molecule has 68 valence electrons. The lowest BCUT2D eigenvalue weighted by Crippen LogP contribution is -2.09. The van der Waals surface area contributed by atoms with Gasteiger partial charge in [-0.3, -0.25) is 4.79 Å². The Balaban J connectivity index is 2.89. The predicted octanol–water partition coefficient (Wildman–Crippen LogP) is 2.14. The van der Waals surface area contributed by atoms with E-state index in [9.17, 15) is 4.79 Å². The van der Waals surface area contributed by atoms with Crippen molar-refractivity contribution in [2.24, 2.45) is 0 Å². The first-order chi connectivity index (χ1) is 6.15. The molecule has 1 atom stereocenters. The van der Waals surface area contributed by atoms with Gasteiger partial charge < -0.3 is 5.11 Å². The van der Waals surface area contributed by atoms with Crippen molar-refractivity contribution in [1.29, 1.82) is 5.26 Å². The van der Waals surface area contributed by atoms with E-state index in [1.807, 2.05) is 19.1 Å². The summed E-state index contributed by atoms with van der Waals surface area (Å²) in [5.41, 5.74) is 0. The summed E-state index contributed by atoms with van der Waals surface area (Å²) in [7, 11) is 0. The van der Waals surface area contributed by atoms with Crippen molar-refractivity contribution in [3.05, 3.63) is 21.9 Å². The third-order valence-electron chi connectivity index (χ3n) is 1.70. The zero-order chi connectivity index (χ0) is 9.84. The number of carbonyl (C=O) groups is 1. The Morgan fingerprint density at radius 3 is 2.85 bits per heavy atom. The Kier molecular flexibility index (Phi) is 3.04. The van der Waals surface area contributed by atoms with Crippen molar-refractivity contribution >= 4 is 17.3 Å². The second-order valence-corrected chi connectivity index (χ2v) is 4.02. The number of carboxylic acid groups (broad SMARTS) is 1. The van der Waals surface area contributed by atoms with E-state index in [-0.39, 0.29) is 6.42 Å². The molecule has 0 fully saturated rings. The van der Waals surface area contributed by atoms with Crippen molar-refractivity contribution in [2.75, 3.05) is 0 Å². The molecule has 0 aliphatic heterocycles. The second-order valence-electron chi connectivity index (χ2n) is 2.70. The fraction of sp³-hybridized carbons (Fsp3) is 0.333. The van der Waals surface area contributed by atoms with Crippen LogP contribution in [0.1, 0.15) is 22.1 Å². The Labute approximate surface area is 80.2 Å². The van der Waals surface area contributed by atoms with Crippen LogP contribution in [-0.4, -0.2) is 11.1 Å². The van der Waals surface area contributed by atoms with E-state index in [1.54, 1.807) is 6.07 Å². The molecule has 1 heterocycles. The van der Waals surface area contributed by atoms with Crippen molar-refractivity contribution in [2.45, 2.75) is 19.3 Å². The zero-order valence-corrected chi connectivity index (χ0v) is 7.97. The average molecular weight is 195 g/mol. The van der Waals surface area contributed by atoms with Gasteiger partial charge in [-0.05, 0) is 19.1 Å². The van der Waals surface area contributed by atoms with Gasteiger partial charge in [-0.15, -0.1) is 11.3 Å². The number of hydrogen-bond donors (Lipinski definition) is 1. The molecule has 1 aromatic rings. The molecule has 1 N–H and O–H groups in total. The van der Waals surface area contributed by atoms with Gasteiger partial charge in [0, 0.05) is 9.75 Å². The minimum absolute atomic E-state index is 0.0370. The number of hydrogen-bond acceptors (Lipinski definition) is 3. The van der Waals surface area contributed by atoms with Gasteiger partial charge in [0.05, 0.1) is 12.5 Å². The van der Waals surface area contributed by atoms with Crippen molar-refractivity contribution in [3.8, 4) is 6.07 Å². The molecule has 0 amide bonds. The third kappa shape index (κ3) is 2.30. The maximum absolute atomic E-state index is 10.8. The smallest absolute Gasteiger partial charge is 0.312 e. The van der Waals surface area contributed by atoms with Gasteiger partial charge in [-0.25, -0.2) is 0 Å². The highest BCUT2D eigenvalue weighted by atomic mass is 32.1. The van der Waals surface area contributed by atoms with E-state index >= 15 is 0 Å². The van der Waals surface area contributed by atoms with Crippen LogP contribution < -0.4 is 0 Å². The number of aryl methyl sites for hydroxylation is 1. The van der Waals surface area contributed by atoms with Crippen LogP contribution >= 0.6 is 11.3 Å². The van der Waals surface area contributed by atoms with Gasteiger partial charge in [0.15, 0.2) is 0 Å². The van der Waals surface area contributed by atoms with Gasteiger partial charge in [0.2, 0.25) is 0 Å². The van der Waals surface area contributed by atoms with Gasteiger partial charge in [-0.2, -0.15) is 5.26 Å². The number of thiophene rings is 1. The summed E-state index contributed by atoms with van der Waals surface area (Å²) in [6, 6.07) is 5.53. The molecule has 13 heavy (non-hydrogen) atoms. The Morgan fingerprint density at radius 1 is 1.77 bits per heavy atom. The van der Waals surface area contributed by atoms with Gasteiger partial charge >= 0.3 is 5.97 Å². The molecule has 1 rings (SSSR count). The minimum atomic E-state index is -0.927. The highest BCUT2D eigenvalue weighted by molar-refractivity contribution is 7.12. The lowest BCUT2D eigenvalue weighted by atomic mass is 10.1. The predicted molar refractivity (Wildman–Crippen MR) is 49.7 cm³/mol. The van der Waals surface area contributed by atoms with Crippen LogP contribution in [-0.2, 0) is 4.79 Å². The molecule has 4 heteroatoms. The quantitative estimate of drug-likeness (QED) is 0.803. The van der Waals surface area contributed by atoms with Gasteiger partial charge in [0.1, 0.15) is 5.92 Å². The van der Waals surface area contributed by atoms with Crippen molar-refractivity contribution < 1.29 is 9.90 Å². The molecule has 0 spiro atoms. The summed E-state index contributed by atoms with van der Waals surface area (Å²) in [6.45, 7) is 1.92. The molecule has 1 aromatic heterocycles. The topological polar surface area (TPSA) is 61.1 Å². The van der Waals surface area contributed by atoms with Crippen molar-refractivity contribution in [3.63, 3.8) is 0 Å². The first-order valence-corrected chi connectivity index (χ1v) is 4.63. The third-order valence-corrected chi connectivity index (χ3v) is 2.81. The van der Waals surface area contributed by atoms with Crippen LogP contribution in [0.15, 0.2) is 12.1 Å². The lowest BCUT2D eigenvalue weighted by Gasteiger charge is -2.03. The molecule has 1 unspecified atom stereocenters. The number of nitrogens with zero attached hydrogens (tertiary/aromatic N) is 1. The van der Waals surface area contributed by atoms with Crippen LogP contribution in [0.5, 0.6) is 0 Å². The molecule has 3 nitrogen and oxygen atoms in total. The molecule has 0 aliphatic rings. The monoisotopic (exact) mass is 195 g/mol. The fourth-order valence-corrected chi connectivity index (χ4v) is 2.01. The van der Waals surface area contributed by atoms with Crippen LogP contribution in [0.25, 0.3) is 0 Å². The summed E-state index contributed by atoms with van der Waals surface area (Å²) in [6.07, 6.45) is 0.0370. The second kappa shape index (κ2) is 4.06. The van der Waals surface area contributed by atoms with Crippen LogP contribution in [0, 0.1) is 18.3 Å². The number of aliphatic carboxylic acids is 1. The van der Waals surface area contributed by atoms with E-state index in [4.69, 9.17) is 10.4 Å². The molecule has 0 bridgehead atoms. The summed E-state index contributed by atoms with van der Waals surface area (Å²) in [5.74, 6) is -1.59. The normalized spacial score (nSPS) is 12.0. The maximum Gasteiger partial charge on any atom is 0.312 e. The summed E-state index contributed by atoms with van der Waals surface area (Å²) in [5, 5.41) is 17.3. The number of rotatable bonds is 3. The SMILES string of the molecule is Cc1ccc(C(CC#N)C(=O)O)s1. The first kappa shape index (κ1) is 9.75. The Morgan fingerprint density at radius 2 is 2.46 bits per heavy atom. The van der Waals surface area contributed by atoms with E-state index in [1.165, 1.54) is 11.3 Å². The largest absolute Gasteiger partial charge is 0.481 e. The minimum Gasteiger partial charge on any atom is -0.481 e. The molecule has 0 aliphatic carbocycles. The lowest BCUT2D eigenvalue weighted by molar-refractivity contribution is -0.138. The number of nitriles is 1. The molecule has 0 saturated carbocycles. The highest BCUT2D eigenvalue weighted by Crippen LogP contribution is 2.26. The average Bonchev–Trinajstić information content (AvgIpc) is 2.46. The molecule has 0 radical (unpaired) electrons. The van der Waals surface area contributed by atoms with Crippen LogP contribution in [0.4, 0.5) is 0 Å². The standard InChI is InChI=1S/C9H9NO2S/c1-6-2-3-8(13-6)7(4-5-10)9(11)12/h2-3,7H,4H2,1H3,(H,11,12). The Bertz CT molecular complexity index is 351. The van der Waals surface area contributed by atoms with Gasteiger partial charge in [0.25, 0.3) is 0 Å². The van der Waals surface area contributed by atoms with Crippen LogP contribution in [0.2, 0.25) is 0 Å². The maximum atomic E-state index is 10.8. The van der Waals surface area contributed by atoms with E-state index in [0.29, 0.717) is 0 Å². The summed E-state index contributed by atoms with van der Waals surface area (Å²) < 4.78 is 0. The van der Waals surface area contributed by atoms with E-state index in [2.05, 4.69) is 0 Å². The van der Waals surface area contributed by atoms with E-state index in [0.717, 1.165) is 9.75 Å². The number of carboxylic acids is 1.